The van der Waals surface area contributed by atoms with Crippen molar-refractivity contribution in [3.63, 3.8) is 0 Å². The van der Waals surface area contributed by atoms with Gasteiger partial charge in [-0.15, -0.1) is 0 Å². The Morgan fingerprint density at radius 1 is 1.24 bits per heavy atom. The van der Waals surface area contributed by atoms with Crippen molar-refractivity contribution in [2.45, 2.75) is 0 Å². The second kappa shape index (κ2) is 8.84. The lowest BCUT2D eigenvalue weighted by Gasteiger charge is -2.06. The van der Waals surface area contributed by atoms with E-state index in [1.165, 1.54) is 13.3 Å². The average molecular weight is 406 g/mol. The molecule has 7 nitrogen and oxygen atoms in total. The minimum Gasteiger partial charge on any atom is -0.504 e. The number of carbonyl (C=O) groups excluding carboxylic acids is 2. The zero-order chi connectivity index (χ0) is 18.2. The highest BCUT2D eigenvalue weighted by Gasteiger charge is 2.10. The number of benzene rings is 2. The van der Waals surface area contributed by atoms with Crippen LogP contribution in [0.25, 0.3) is 0 Å². The van der Waals surface area contributed by atoms with Crippen LogP contribution in [-0.2, 0) is 4.79 Å². The Morgan fingerprint density at radius 3 is 2.72 bits per heavy atom. The number of phenolic OH excluding ortho intramolecular Hbond substituents is 1. The first-order chi connectivity index (χ1) is 12.0. The van der Waals surface area contributed by atoms with Gasteiger partial charge in [0, 0.05) is 10.0 Å². The van der Waals surface area contributed by atoms with Crippen LogP contribution in [0.4, 0.5) is 0 Å². The summed E-state index contributed by atoms with van der Waals surface area (Å²) < 4.78 is 5.62. The maximum Gasteiger partial charge on any atom is 0.259 e. The highest BCUT2D eigenvalue weighted by atomic mass is 79.9. The van der Waals surface area contributed by atoms with Crippen LogP contribution in [0.2, 0.25) is 0 Å². The van der Waals surface area contributed by atoms with Crippen molar-refractivity contribution in [3.8, 4) is 11.5 Å². The van der Waals surface area contributed by atoms with Crippen molar-refractivity contribution in [2.24, 2.45) is 5.10 Å². The molecule has 0 atom stereocenters. The van der Waals surface area contributed by atoms with Crippen LogP contribution in [0.15, 0.2) is 52.0 Å². The first-order valence-corrected chi connectivity index (χ1v) is 8.03. The molecule has 0 heterocycles. The van der Waals surface area contributed by atoms with Crippen molar-refractivity contribution < 1.29 is 19.4 Å². The molecule has 0 saturated carbocycles. The predicted molar refractivity (Wildman–Crippen MR) is 96.9 cm³/mol. The number of hydrogen-bond acceptors (Lipinski definition) is 5. The van der Waals surface area contributed by atoms with E-state index in [2.05, 4.69) is 31.8 Å². The molecule has 2 aromatic rings. The van der Waals surface area contributed by atoms with Crippen molar-refractivity contribution in [1.82, 2.24) is 10.7 Å². The quantitative estimate of drug-likeness (QED) is 0.505. The maximum absolute atomic E-state index is 12.0. The molecular weight excluding hydrogens is 390 g/mol. The second-order valence-electron chi connectivity index (χ2n) is 4.85. The van der Waals surface area contributed by atoms with E-state index in [0.29, 0.717) is 21.3 Å². The second-order valence-corrected chi connectivity index (χ2v) is 5.71. The van der Waals surface area contributed by atoms with E-state index in [1.54, 1.807) is 42.5 Å². The molecule has 0 saturated heterocycles. The lowest BCUT2D eigenvalue weighted by molar-refractivity contribution is -0.120. The standard InChI is InChI=1S/C17H16BrN3O4/c1-25-14-8-4-5-11(16(14)23)9-20-21-15(22)10-19-17(24)12-6-2-3-7-13(12)18/h2-9,23H,10H2,1H3,(H,19,24)(H,21,22). The van der Waals surface area contributed by atoms with Gasteiger partial charge in [0.15, 0.2) is 11.5 Å². The number of hydrogen-bond donors (Lipinski definition) is 3. The SMILES string of the molecule is COc1cccc(C=NNC(=O)CNC(=O)c2ccccc2Br)c1O. The number of methoxy groups -OCH3 is 1. The summed E-state index contributed by atoms with van der Waals surface area (Å²) in [6.07, 6.45) is 1.28. The number of phenols is 1. The largest absolute Gasteiger partial charge is 0.504 e. The molecule has 0 spiro atoms. The van der Waals surface area contributed by atoms with Crippen molar-refractivity contribution in [3.05, 3.63) is 58.1 Å². The maximum atomic E-state index is 12.0. The third kappa shape index (κ3) is 5.05. The number of carbonyl (C=O) groups is 2. The Balaban J connectivity index is 1.87. The van der Waals surface area contributed by atoms with Crippen LogP contribution in [0, 0.1) is 0 Å². The van der Waals surface area contributed by atoms with Gasteiger partial charge in [-0.05, 0) is 40.2 Å². The summed E-state index contributed by atoms with van der Waals surface area (Å²) in [6, 6.07) is 11.8. The first-order valence-electron chi connectivity index (χ1n) is 7.23. The number of ether oxygens (including phenoxy) is 1. The van der Waals surface area contributed by atoms with Crippen LogP contribution in [0.3, 0.4) is 0 Å². The molecule has 0 aromatic heterocycles. The Morgan fingerprint density at radius 2 is 2.00 bits per heavy atom. The predicted octanol–water partition coefficient (Wildman–Crippen LogP) is 2.04. The topological polar surface area (TPSA) is 100 Å². The summed E-state index contributed by atoms with van der Waals surface area (Å²) in [4.78, 5) is 23.7. The van der Waals surface area contributed by atoms with Gasteiger partial charge < -0.3 is 15.2 Å². The van der Waals surface area contributed by atoms with E-state index >= 15 is 0 Å². The van der Waals surface area contributed by atoms with Crippen molar-refractivity contribution in [1.29, 1.82) is 0 Å². The monoisotopic (exact) mass is 405 g/mol. The summed E-state index contributed by atoms with van der Waals surface area (Å²) in [6.45, 7) is -0.235. The molecule has 0 aliphatic heterocycles. The third-order valence-corrected chi connectivity index (χ3v) is 3.86. The average Bonchev–Trinajstić information content (AvgIpc) is 2.61. The summed E-state index contributed by atoms with van der Waals surface area (Å²) in [7, 11) is 1.44. The smallest absolute Gasteiger partial charge is 0.259 e. The van der Waals surface area contributed by atoms with Crippen molar-refractivity contribution >= 4 is 34.0 Å². The zero-order valence-corrected chi connectivity index (χ0v) is 14.9. The molecule has 0 unspecified atom stereocenters. The van der Waals surface area contributed by atoms with Crippen molar-refractivity contribution in [2.75, 3.05) is 13.7 Å². The van der Waals surface area contributed by atoms with Gasteiger partial charge in [0.1, 0.15) is 0 Å². The molecule has 0 aliphatic carbocycles. The Kier molecular flexibility index (Phi) is 6.53. The van der Waals surface area contributed by atoms with Crippen LogP contribution in [0.5, 0.6) is 11.5 Å². The molecule has 8 heteroatoms. The fraction of sp³-hybridized carbons (Fsp3) is 0.118. The van der Waals surface area contributed by atoms with E-state index < -0.39 is 5.91 Å². The summed E-state index contributed by atoms with van der Waals surface area (Å²) in [5.41, 5.74) is 3.09. The van der Waals surface area contributed by atoms with E-state index in [1.807, 2.05) is 0 Å². The van der Waals surface area contributed by atoms with Crippen LogP contribution in [0.1, 0.15) is 15.9 Å². The number of hydrazone groups is 1. The van der Waals surface area contributed by atoms with Gasteiger partial charge in [-0.3, -0.25) is 9.59 Å². The molecular formula is C17H16BrN3O4. The molecule has 3 N–H and O–H groups in total. The Hall–Kier alpha value is -2.87. The van der Waals surface area contributed by atoms with Gasteiger partial charge >= 0.3 is 0 Å². The summed E-state index contributed by atoms with van der Waals surface area (Å²) in [5, 5.41) is 16.1. The number of halogens is 1. The van der Waals surface area contributed by atoms with Gasteiger partial charge in [-0.1, -0.05) is 18.2 Å². The minimum absolute atomic E-state index is 0.0785. The molecule has 2 aromatic carbocycles. The molecule has 0 fully saturated rings. The number of amides is 2. The number of nitrogens with one attached hydrogen (secondary N) is 2. The van der Waals surface area contributed by atoms with Crippen LogP contribution in [-0.4, -0.2) is 36.8 Å². The normalized spacial score (nSPS) is 10.5. The molecule has 2 rings (SSSR count). The molecule has 130 valence electrons. The minimum atomic E-state index is -0.501. The Bertz CT molecular complexity index is 808. The molecule has 0 radical (unpaired) electrons. The van der Waals surface area contributed by atoms with Crippen LogP contribution >= 0.6 is 15.9 Å². The number of rotatable bonds is 6. The van der Waals surface area contributed by atoms with Crippen LogP contribution < -0.4 is 15.5 Å². The lowest BCUT2D eigenvalue weighted by Crippen LogP contribution is -2.35. The fourth-order valence-corrected chi connectivity index (χ4v) is 2.39. The molecule has 2 amide bonds. The highest BCUT2D eigenvalue weighted by Crippen LogP contribution is 2.27. The molecule has 0 aliphatic rings. The Labute approximate surface area is 152 Å². The van der Waals surface area contributed by atoms with Gasteiger partial charge in [-0.25, -0.2) is 5.43 Å². The first kappa shape index (κ1) is 18.5. The number of nitrogens with zero attached hydrogens (tertiary/aromatic N) is 1. The van der Waals surface area contributed by atoms with Gasteiger partial charge in [-0.2, -0.15) is 5.10 Å². The molecule has 25 heavy (non-hydrogen) atoms. The number of para-hydroxylation sites is 1. The zero-order valence-electron chi connectivity index (χ0n) is 13.3. The van der Waals surface area contributed by atoms with E-state index in [-0.39, 0.29) is 18.2 Å². The van der Waals surface area contributed by atoms with E-state index in [0.717, 1.165) is 0 Å². The highest BCUT2D eigenvalue weighted by molar-refractivity contribution is 9.10. The van der Waals surface area contributed by atoms with Gasteiger partial charge in [0.05, 0.1) is 25.4 Å². The lowest BCUT2D eigenvalue weighted by atomic mass is 10.2. The van der Waals surface area contributed by atoms with E-state index in [9.17, 15) is 14.7 Å². The fourth-order valence-electron chi connectivity index (χ4n) is 1.92. The van der Waals surface area contributed by atoms with Gasteiger partial charge in [0.25, 0.3) is 11.8 Å². The number of aromatic hydroxyl groups is 1. The van der Waals surface area contributed by atoms with E-state index in [4.69, 9.17) is 4.74 Å². The third-order valence-electron chi connectivity index (χ3n) is 3.17. The van der Waals surface area contributed by atoms with Gasteiger partial charge in [0.2, 0.25) is 0 Å². The molecule has 0 bridgehead atoms. The summed E-state index contributed by atoms with van der Waals surface area (Å²) >= 11 is 3.27. The summed E-state index contributed by atoms with van der Waals surface area (Å²) in [5.74, 6) is -0.655.